The van der Waals surface area contributed by atoms with Gasteiger partial charge in [-0.25, -0.2) is 0 Å². The third-order valence-corrected chi connectivity index (χ3v) is 5.89. The molecule has 0 amide bonds. The summed E-state index contributed by atoms with van der Waals surface area (Å²) >= 11 is 1.26. The fraction of sp³-hybridized carbons (Fsp3) is 0.333. The summed E-state index contributed by atoms with van der Waals surface area (Å²) in [7, 11) is 4.53. The number of nitro groups is 1. The monoisotopic (exact) mass is 444 g/mol. The van der Waals surface area contributed by atoms with Crippen molar-refractivity contribution in [2.45, 2.75) is 24.3 Å². The summed E-state index contributed by atoms with van der Waals surface area (Å²) < 4.78 is 18.1. The molecule has 2 aromatic carbocycles. The van der Waals surface area contributed by atoms with E-state index in [1.165, 1.54) is 33.1 Å². The van der Waals surface area contributed by atoms with E-state index in [9.17, 15) is 10.1 Å². The zero-order chi connectivity index (χ0) is 22.5. The summed E-state index contributed by atoms with van der Waals surface area (Å²) in [6, 6.07) is 11.4. The van der Waals surface area contributed by atoms with Crippen LogP contribution in [0, 0.1) is 24.0 Å². The molecule has 1 atom stereocenters. The van der Waals surface area contributed by atoms with Crippen molar-refractivity contribution in [2.75, 3.05) is 27.9 Å². The first-order valence-electron chi connectivity index (χ1n) is 9.45. The summed E-state index contributed by atoms with van der Waals surface area (Å²) in [6.07, 6.45) is 0. The summed E-state index contributed by atoms with van der Waals surface area (Å²) in [5, 5.41) is 19.9. The minimum Gasteiger partial charge on any atom is -0.493 e. The fourth-order valence-electron chi connectivity index (χ4n) is 3.17. The van der Waals surface area contributed by atoms with Gasteiger partial charge in [-0.2, -0.15) is 0 Å². The van der Waals surface area contributed by atoms with Gasteiger partial charge in [-0.05, 0) is 43.7 Å². The molecule has 0 aliphatic rings. The van der Waals surface area contributed by atoms with E-state index in [0.717, 1.165) is 11.3 Å². The van der Waals surface area contributed by atoms with Crippen molar-refractivity contribution >= 4 is 11.8 Å². The van der Waals surface area contributed by atoms with Crippen LogP contribution >= 0.6 is 11.8 Å². The van der Waals surface area contributed by atoms with E-state index in [4.69, 9.17) is 14.2 Å². The van der Waals surface area contributed by atoms with Crippen LogP contribution in [0.2, 0.25) is 0 Å². The van der Waals surface area contributed by atoms with Crippen molar-refractivity contribution in [3.8, 4) is 22.9 Å². The SMILES string of the molecule is COc1cc([C@H](C[N+](=O)[O-])Sc2nnc(C)n2-c2ccc(C)cc2)cc(OC)c1OC. The summed E-state index contributed by atoms with van der Waals surface area (Å²) in [4.78, 5) is 11.1. The highest BCUT2D eigenvalue weighted by atomic mass is 32.2. The zero-order valence-electron chi connectivity index (χ0n) is 18.0. The molecule has 9 nitrogen and oxygen atoms in total. The molecule has 0 unspecified atom stereocenters. The molecule has 0 N–H and O–H groups in total. The number of aryl methyl sites for hydroxylation is 2. The molecule has 3 aromatic rings. The molecule has 0 bridgehead atoms. The summed E-state index contributed by atoms with van der Waals surface area (Å²) in [5.41, 5.74) is 2.68. The Morgan fingerprint density at radius 3 is 2.16 bits per heavy atom. The Kier molecular flexibility index (Phi) is 7.01. The molecule has 3 rings (SSSR count). The Labute approximate surface area is 184 Å². The number of rotatable bonds is 9. The molecule has 164 valence electrons. The van der Waals surface area contributed by atoms with Crippen molar-refractivity contribution < 1.29 is 19.1 Å². The Hall–Kier alpha value is -3.27. The zero-order valence-corrected chi connectivity index (χ0v) is 18.8. The topological polar surface area (TPSA) is 102 Å². The number of nitrogens with zero attached hydrogens (tertiary/aromatic N) is 4. The third-order valence-electron chi connectivity index (χ3n) is 4.71. The lowest BCUT2D eigenvalue weighted by atomic mass is 10.1. The number of hydrogen-bond donors (Lipinski definition) is 0. The minimum absolute atomic E-state index is 0.316. The normalized spacial score (nSPS) is 11.8. The Bertz CT molecular complexity index is 1040. The predicted molar refractivity (Wildman–Crippen MR) is 117 cm³/mol. The van der Waals surface area contributed by atoms with Gasteiger partial charge >= 0.3 is 0 Å². The van der Waals surface area contributed by atoms with Gasteiger partial charge in [0.1, 0.15) is 11.1 Å². The molecular formula is C21H24N4O5S. The number of hydrogen-bond acceptors (Lipinski definition) is 8. The highest BCUT2D eigenvalue weighted by molar-refractivity contribution is 7.99. The lowest BCUT2D eigenvalue weighted by Crippen LogP contribution is -2.12. The van der Waals surface area contributed by atoms with Crippen molar-refractivity contribution in [3.63, 3.8) is 0 Å². The van der Waals surface area contributed by atoms with E-state index in [0.29, 0.717) is 33.8 Å². The van der Waals surface area contributed by atoms with Gasteiger partial charge in [-0.15, -0.1) is 10.2 Å². The molecule has 0 saturated heterocycles. The van der Waals surface area contributed by atoms with Crippen LogP contribution in [0.4, 0.5) is 0 Å². The Morgan fingerprint density at radius 1 is 1.03 bits per heavy atom. The van der Waals surface area contributed by atoms with E-state index in [2.05, 4.69) is 10.2 Å². The lowest BCUT2D eigenvalue weighted by molar-refractivity contribution is -0.479. The smallest absolute Gasteiger partial charge is 0.220 e. The highest BCUT2D eigenvalue weighted by Crippen LogP contribution is 2.44. The van der Waals surface area contributed by atoms with E-state index in [1.54, 1.807) is 12.1 Å². The number of thioether (sulfide) groups is 1. The first-order chi connectivity index (χ1) is 14.9. The molecule has 0 radical (unpaired) electrons. The van der Waals surface area contributed by atoms with Gasteiger partial charge < -0.3 is 14.2 Å². The van der Waals surface area contributed by atoms with Gasteiger partial charge in [-0.1, -0.05) is 29.5 Å². The van der Waals surface area contributed by atoms with Crippen LogP contribution in [-0.2, 0) is 0 Å². The van der Waals surface area contributed by atoms with E-state index in [-0.39, 0.29) is 11.5 Å². The largest absolute Gasteiger partial charge is 0.493 e. The van der Waals surface area contributed by atoms with Gasteiger partial charge in [0.05, 0.1) is 21.3 Å². The Morgan fingerprint density at radius 2 is 1.65 bits per heavy atom. The molecule has 0 saturated carbocycles. The molecule has 0 aliphatic carbocycles. The van der Waals surface area contributed by atoms with Gasteiger partial charge in [0.15, 0.2) is 16.7 Å². The average Bonchev–Trinajstić information content (AvgIpc) is 3.12. The van der Waals surface area contributed by atoms with Crippen LogP contribution in [0.1, 0.15) is 22.2 Å². The van der Waals surface area contributed by atoms with Gasteiger partial charge in [0.2, 0.25) is 12.3 Å². The molecule has 1 heterocycles. The second kappa shape index (κ2) is 9.69. The molecule has 0 fully saturated rings. The standard InChI is InChI=1S/C21H24N4O5S/c1-13-6-8-16(9-7-13)25-14(2)22-23-21(25)31-19(12-24(26)27)15-10-17(28-3)20(30-5)18(11-15)29-4/h6-11,19H,12H2,1-5H3/t19-/m0/s1. The maximum Gasteiger partial charge on any atom is 0.220 e. The van der Waals surface area contributed by atoms with Crippen LogP contribution in [0.25, 0.3) is 5.69 Å². The third kappa shape index (κ3) is 4.91. The first-order valence-corrected chi connectivity index (χ1v) is 10.3. The summed E-state index contributed by atoms with van der Waals surface area (Å²) in [6.45, 7) is 3.54. The lowest BCUT2D eigenvalue weighted by Gasteiger charge is -2.18. The van der Waals surface area contributed by atoms with Crippen LogP contribution in [0.15, 0.2) is 41.6 Å². The number of methoxy groups -OCH3 is 3. The maximum absolute atomic E-state index is 11.5. The predicted octanol–water partition coefficient (Wildman–Crippen LogP) is 4.02. The quantitative estimate of drug-likeness (QED) is 0.277. The van der Waals surface area contributed by atoms with E-state index in [1.807, 2.05) is 42.7 Å². The van der Waals surface area contributed by atoms with Crippen molar-refractivity contribution in [1.29, 1.82) is 0 Å². The van der Waals surface area contributed by atoms with Crippen molar-refractivity contribution in [1.82, 2.24) is 14.8 Å². The second-order valence-corrected chi connectivity index (χ2v) is 7.95. The highest BCUT2D eigenvalue weighted by Gasteiger charge is 2.26. The molecular weight excluding hydrogens is 420 g/mol. The average molecular weight is 445 g/mol. The van der Waals surface area contributed by atoms with Gasteiger partial charge in [0.25, 0.3) is 0 Å². The Balaban J connectivity index is 2.05. The molecule has 0 spiro atoms. The van der Waals surface area contributed by atoms with Gasteiger partial charge in [0, 0.05) is 10.6 Å². The summed E-state index contributed by atoms with van der Waals surface area (Å²) in [5.74, 6) is 1.98. The van der Waals surface area contributed by atoms with E-state index >= 15 is 0 Å². The number of benzene rings is 2. The second-order valence-electron chi connectivity index (χ2n) is 6.78. The number of ether oxygens (including phenoxy) is 3. The van der Waals surface area contributed by atoms with Crippen LogP contribution in [-0.4, -0.2) is 47.6 Å². The van der Waals surface area contributed by atoms with Crippen LogP contribution in [0.5, 0.6) is 17.2 Å². The number of aromatic nitrogens is 3. The molecule has 10 heteroatoms. The molecule has 0 aliphatic heterocycles. The molecule has 1 aromatic heterocycles. The van der Waals surface area contributed by atoms with Crippen molar-refractivity contribution in [3.05, 3.63) is 63.5 Å². The van der Waals surface area contributed by atoms with Crippen LogP contribution < -0.4 is 14.2 Å². The fourth-order valence-corrected chi connectivity index (χ4v) is 4.32. The molecule has 31 heavy (non-hydrogen) atoms. The van der Waals surface area contributed by atoms with Crippen LogP contribution in [0.3, 0.4) is 0 Å². The van der Waals surface area contributed by atoms with Crippen molar-refractivity contribution in [2.24, 2.45) is 0 Å². The van der Waals surface area contributed by atoms with Gasteiger partial charge in [-0.3, -0.25) is 14.7 Å². The first kappa shape index (κ1) is 22.4. The van der Waals surface area contributed by atoms with E-state index < -0.39 is 5.25 Å². The minimum atomic E-state index is -0.559. The maximum atomic E-state index is 11.5.